The lowest BCUT2D eigenvalue weighted by atomic mass is 9.80. The second kappa shape index (κ2) is 8.76. The van der Waals surface area contributed by atoms with Crippen LogP contribution in [-0.4, -0.2) is 17.1 Å². The summed E-state index contributed by atoms with van der Waals surface area (Å²) < 4.78 is 5.94. The molecule has 150 valence electrons. The van der Waals surface area contributed by atoms with E-state index in [1.807, 2.05) is 54.6 Å². The summed E-state index contributed by atoms with van der Waals surface area (Å²) >= 11 is 0. The zero-order chi connectivity index (χ0) is 20.1. The van der Waals surface area contributed by atoms with Crippen LogP contribution in [0.2, 0.25) is 0 Å². The van der Waals surface area contributed by atoms with Crippen LogP contribution in [0.15, 0.2) is 72.8 Å². The van der Waals surface area contributed by atoms with Crippen LogP contribution in [0.5, 0.6) is 5.88 Å². The summed E-state index contributed by atoms with van der Waals surface area (Å²) in [6, 6.07) is 24.6. The number of pyridine rings is 1. The number of ether oxygens (including phenoxy) is 1. The van der Waals surface area contributed by atoms with Gasteiger partial charge in [0.1, 0.15) is 6.61 Å². The van der Waals surface area contributed by atoms with E-state index in [-0.39, 0.29) is 5.54 Å². The first-order chi connectivity index (χ1) is 14.1. The lowest BCUT2D eigenvalue weighted by Gasteiger charge is -2.41. The zero-order valence-electron chi connectivity index (χ0n) is 17.2. The lowest BCUT2D eigenvalue weighted by molar-refractivity contribution is -0.218. The van der Waals surface area contributed by atoms with Crippen LogP contribution in [0, 0.1) is 0 Å². The molecular weight excluding hydrogens is 360 g/mol. The van der Waals surface area contributed by atoms with Crippen molar-refractivity contribution in [3.63, 3.8) is 0 Å². The second-order valence-corrected chi connectivity index (χ2v) is 7.80. The molecule has 0 saturated heterocycles. The Balaban J connectivity index is 1.46. The van der Waals surface area contributed by atoms with Gasteiger partial charge in [-0.2, -0.15) is 5.06 Å². The van der Waals surface area contributed by atoms with Gasteiger partial charge in [-0.3, -0.25) is 4.84 Å². The average Bonchev–Trinajstić information content (AvgIpc) is 2.77. The number of nitrogens with zero attached hydrogens (tertiary/aromatic N) is 2. The molecule has 0 radical (unpaired) electrons. The average molecular weight is 389 g/mol. The Kier molecular flexibility index (Phi) is 5.93. The van der Waals surface area contributed by atoms with E-state index in [1.54, 1.807) is 0 Å². The largest absolute Gasteiger partial charge is 0.473 e. The summed E-state index contributed by atoms with van der Waals surface area (Å²) in [5, 5.41) is 2.00. The van der Waals surface area contributed by atoms with Gasteiger partial charge in [-0.05, 0) is 48.9 Å². The minimum absolute atomic E-state index is 0.201. The van der Waals surface area contributed by atoms with Crippen molar-refractivity contribution in [3.8, 4) is 5.88 Å². The van der Waals surface area contributed by atoms with Crippen LogP contribution in [0.4, 0.5) is 0 Å². The van der Waals surface area contributed by atoms with Crippen LogP contribution in [0.25, 0.3) is 0 Å². The van der Waals surface area contributed by atoms with Crippen molar-refractivity contribution in [2.45, 2.75) is 44.9 Å². The van der Waals surface area contributed by atoms with E-state index in [2.05, 4.69) is 37.3 Å². The summed E-state index contributed by atoms with van der Waals surface area (Å²) in [5.74, 6) is 0.685. The Morgan fingerprint density at radius 3 is 2.24 bits per heavy atom. The second-order valence-electron chi connectivity index (χ2n) is 7.80. The van der Waals surface area contributed by atoms with Crippen molar-refractivity contribution in [1.82, 2.24) is 10.0 Å². The van der Waals surface area contributed by atoms with Gasteiger partial charge in [0.2, 0.25) is 5.88 Å². The molecule has 3 aromatic rings. The van der Waals surface area contributed by atoms with Gasteiger partial charge in [0.25, 0.3) is 0 Å². The minimum atomic E-state index is -0.201. The van der Waals surface area contributed by atoms with Gasteiger partial charge in [-0.25, -0.2) is 4.98 Å². The molecule has 0 fully saturated rings. The highest BCUT2D eigenvalue weighted by atomic mass is 16.7. The third-order valence-corrected chi connectivity index (χ3v) is 5.80. The van der Waals surface area contributed by atoms with Crippen LogP contribution in [-0.2, 0) is 30.0 Å². The van der Waals surface area contributed by atoms with Crippen LogP contribution in [0.1, 0.15) is 42.1 Å². The Hall–Kier alpha value is -2.69. The molecule has 0 saturated carbocycles. The molecular formula is C25H28N2O2. The monoisotopic (exact) mass is 388 g/mol. The summed E-state index contributed by atoms with van der Waals surface area (Å²) in [4.78, 5) is 11.0. The molecule has 4 heteroatoms. The molecule has 0 spiro atoms. The maximum Gasteiger partial charge on any atom is 0.213 e. The first kappa shape index (κ1) is 19.6. The van der Waals surface area contributed by atoms with E-state index >= 15 is 0 Å². The molecule has 1 heterocycles. The topological polar surface area (TPSA) is 34.6 Å². The van der Waals surface area contributed by atoms with Gasteiger partial charge in [-0.15, -0.1) is 0 Å². The minimum Gasteiger partial charge on any atom is -0.473 e. The number of hydroxylamine groups is 2. The predicted octanol–water partition coefficient (Wildman–Crippen LogP) is 5.28. The van der Waals surface area contributed by atoms with Crippen molar-refractivity contribution >= 4 is 0 Å². The highest BCUT2D eigenvalue weighted by Gasteiger charge is 2.37. The SMILES string of the molecule is CN(OCc1ccccc1)C1(C)CCCc2nc(OCc3ccccc3)ccc21. The first-order valence-corrected chi connectivity index (χ1v) is 10.2. The number of fused-ring (bicyclic) bond motifs is 1. The summed E-state index contributed by atoms with van der Waals surface area (Å²) in [6.45, 7) is 3.33. The van der Waals surface area contributed by atoms with Crippen molar-refractivity contribution in [1.29, 1.82) is 0 Å². The van der Waals surface area contributed by atoms with E-state index in [4.69, 9.17) is 14.6 Å². The summed E-state index contributed by atoms with van der Waals surface area (Å²) in [5.41, 5.74) is 4.45. The Morgan fingerprint density at radius 2 is 1.55 bits per heavy atom. The summed E-state index contributed by atoms with van der Waals surface area (Å²) in [7, 11) is 2.03. The Morgan fingerprint density at radius 1 is 0.897 bits per heavy atom. The smallest absolute Gasteiger partial charge is 0.213 e. The third kappa shape index (κ3) is 4.50. The highest BCUT2D eigenvalue weighted by molar-refractivity contribution is 5.34. The maximum absolute atomic E-state index is 6.14. The third-order valence-electron chi connectivity index (χ3n) is 5.80. The maximum atomic E-state index is 6.14. The Labute approximate surface area is 173 Å². The molecule has 1 unspecified atom stereocenters. The number of aromatic nitrogens is 1. The molecule has 4 rings (SSSR count). The van der Waals surface area contributed by atoms with Crippen LogP contribution in [0.3, 0.4) is 0 Å². The van der Waals surface area contributed by atoms with Crippen molar-refractivity contribution in [2.75, 3.05) is 7.05 Å². The molecule has 0 amide bonds. The van der Waals surface area contributed by atoms with E-state index in [9.17, 15) is 0 Å². The predicted molar refractivity (Wildman–Crippen MR) is 114 cm³/mol. The number of benzene rings is 2. The van der Waals surface area contributed by atoms with Gasteiger partial charge in [0, 0.05) is 18.8 Å². The van der Waals surface area contributed by atoms with Crippen molar-refractivity contribution < 1.29 is 9.57 Å². The first-order valence-electron chi connectivity index (χ1n) is 10.2. The molecule has 4 nitrogen and oxygen atoms in total. The van der Waals surface area contributed by atoms with E-state index in [1.165, 1.54) is 11.1 Å². The molecule has 1 aliphatic rings. The van der Waals surface area contributed by atoms with Crippen molar-refractivity contribution in [2.24, 2.45) is 0 Å². The van der Waals surface area contributed by atoms with E-state index < -0.39 is 0 Å². The van der Waals surface area contributed by atoms with Gasteiger partial charge < -0.3 is 4.74 Å². The molecule has 2 aromatic carbocycles. The van der Waals surface area contributed by atoms with E-state index in [0.29, 0.717) is 19.1 Å². The molecule has 29 heavy (non-hydrogen) atoms. The van der Waals surface area contributed by atoms with Gasteiger partial charge >= 0.3 is 0 Å². The number of rotatable bonds is 7. The molecule has 0 aliphatic heterocycles. The number of hydrogen-bond acceptors (Lipinski definition) is 4. The fourth-order valence-corrected chi connectivity index (χ4v) is 3.92. The molecule has 0 bridgehead atoms. The fourth-order valence-electron chi connectivity index (χ4n) is 3.92. The zero-order valence-corrected chi connectivity index (χ0v) is 17.2. The molecule has 1 atom stereocenters. The van der Waals surface area contributed by atoms with Gasteiger partial charge in [-0.1, -0.05) is 60.7 Å². The molecule has 1 aliphatic carbocycles. The van der Waals surface area contributed by atoms with Crippen LogP contribution >= 0.6 is 0 Å². The fraction of sp³-hybridized carbons (Fsp3) is 0.320. The Bertz CT molecular complexity index is 930. The van der Waals surface area contributed by atoms with Crippen molar-refractivity contribution in [3.05, 3.63) is 95.2 Å². The van der Waals surface area contributed by atoms with E-state index in [0.717, 1.165) is 30.5 Å². The molecule has 1 aromatic heterocycles. The van der Waals surface area contributed by atoms with Crippen LogP contribution < -0.4 is 4.74 Å². The van der Waals surface area contributed by atoms with Gasteiger partial charge in [0.15, 0.2) is 0 Å². The number of hydrogen-bond donors (Lipinski definition) is 0. The van der Waals surface area contributed by atoms with Gasteiger partial charge in [0.05, 0.1) is 12.1 Å². The number of aryl methyl sites for hydroxylation is 1. The quantitative estimate of drug-likeness (QED) is 0.516. The molecule has 0 N–H and O–H groups in total. The normalized spacial score (nSPS) is 18.4. The summed E-state index contributed by atoms with van der Waals surface area (Å²) in [6.07, 6.45) is 3.09. The standard InChI is InChI=1S/C25H28N2O2/c1-25(27(2)29-19-21-12-7-4-8-13-21)17-9-14-23-22(25)15-16-24(26-23)28-18-20-10-5-3-6-11-20/h3-8,10-13,15-16H,9,14,17-19H2,1-2H3. The highest BCUT2D eigenvalue weighted by Crippen LogP contribution is 2.39. The lowest BCUT2D eigenvalue weighted by Crippen LogP contribution is -2.43.